The second kappa shape index (κ2) is 9.74. The van der Waals surface area contributed by atoms with E-state index in [0.29, 0.717) is 48.0 Å². The molecule has 0 unspecified atom stereocenters. The quantitative estimate of drug-likeness (QED) is 0.339. The van der Waals surface area contributed by atoms with Gasteiger partial charge in [-0.25, -0.2) is 18.7 Å². The summed E-state index contributed by atoms with van der Waals surface area (Å²) in [6.45, 7) is 10.4. The largest absolute Gasteiger partial charge is 0.489 e. The molecule has 1 saturated heterocycles. The highest BCUT2D eigenvalue weighted by Gasteiger charge is 2.37. The summed E-state index contributed by atoms with van der Waals surface area (Å²) in [5.74, 6) is 0.223. The average Bonchev–Trinajstić information content (AvgIpc) is 3.24. The van der Waals surface area contributed by atoms with Gasteiger partial charge in [0.1, 0.15) is 40.0 Å². The number of halogens is 2. The molecule has 1 aromatic carbocycles. The molecule has 40 heavy (non-hydrogen) atoms. The number of anilines is 1. The molecule has 12 heteroatoms. The summed E-state index contributed by atoms with van der Waals surface area (Å²) in [6.07, 6.45) is 1.27. The molecule has 2 aliphatic heterocycles. The molecule has 1 atom stereocenters. The molecule has 0 N–H and O–H groups in total. The van der Waals surface area contributed by atoms with Crippen molar-refractivity contribution in [1.82, 2.24) is 24.6 Å². The number of amides is 1. The van der Waals surface area contributed by atoms with Crippen molar-refractivity contribution in [3.63, 3.8) is 0 Å². The first-order chi connectivity index (χ1) is 19.2. The predicted molar refractivity (Wildman–Crippen MR) is 148 cm³/mol. The van der Waals surface area contributed by atoms with E-state index in [9.17, 15) is 9.59 Å². The van der Waals surface area contributed by atoms with Gasteiger partial charge < -0.3 is 19.1 Å². The van der Waals surface area contributed by atoms with Crippen LogP contribution in [0.3, 0.4) is 0 Å². The summed E-state index contributed by atoms with van der Waals surface area (Å²) in [5, 5.41) is 4.61. The molecule has 2 aliphatic rings. The minimum Gasteiger partial charge on any atom is -0.489 e. The van der Waals surface area contributed by atoms with E-state index in [2.05, 4.69) is 16.7 Å². The molecule has 1 fully saturated rings. The molecule has 0 bridgehead atoms. The van der Waals surface area contributed by atoms with Gasteiger partial charge in [0.15, 0.2) is 17.2 Å². The van der Waals surface area contributed by atoms with Crippen LogP contribution in [-0.2, 0) is 4.79 Å². The number of hydrogen-bond donors (Lipinski definition) is 0. The van der Waals surface area contributed by atoms with Gasteiger partial charge in [-0.2, -0.15) is 4.98 Å². The number of piperazine rings is 1. The summed E-state index contributed by atoms with van der Waals surface area (Å²) in [5.41, 5.74) is 0.741. The molecule has 0 saturated carbocycles. The van der Waals surface area contributed by atoms with Crippen LogP contribution in [0.1, 0.15) is 31.2 Å². The fourth-order valence-electron chi connectivity index (χ4n) is 5.38. The maximum absolute atomic E-state index is 15.0. The lowest BCUT2D eigenvalue weighted by molar-refractivity contribution is -0.126. The minimum atomic E-state index is -0.610. The van der Waals surface area contributed by atoms with Crippen LogP contribution in [0.25, 0.3) is 28.0 Å². The van der Waals surface area contributed by atoms with Crippen molar-refractivity contribution >= 4 is 34.4 Å². The Morgan fingerprint density at radius 1 is 1.25 bits per heavy atom. The molecular weight excluding hydrogens is 539 g/mol. The van der Waals surface area contributed by atoms with E-state index in [1.807, 2.05) is 18.7 Å². The van der Waals surface area contributed by atoms with Gasteiger partial charge in [0.2, 0.25) is 5.91 Å². The Hall–Kier alpha value is -4.25. The van der Waals surface area contributed by atoms with E-state index in [0.717, 1.165) is 0 Å². The second-order valence-electron chi connectivity index (χ2n) is 10.1. The van der Waals surface area contributed by atoms with E-state index in [1.165, 1.54) is 16.7 Å². The Balaban J connectivity index is 1.68. The van der Waals surface area contributed by atoms with Crippen molar-refractivity contribution in [2.24, 2.45) is 0 Å². The van der Waals surface area contributed by atoms with Gasteiger partial charge in [0.25, 0.3) is 0 Å². The van der Waals surface area contributed by atoms with Crippen LogP contribution in [0.15, 0.2) is 46.2 Å². The van der Waals surface area contributed by atoms with Crippen molar-refractivity contribution in [2.45, 2.75) is 32.7 Å². The van der Waals surface area contributed by atoms with Gasteiger partial charge in [-0.15, -0.1) is 0 Å². The van der Waals surface area contributed by atoms with Gasteiger partial charge in [0, 0.05) is 31.1 Å². The third-order valence-corrected chi connectivity index (χ3v) is 7.65. The SMILES string of the molecule is C=CC(=O)N1CCN2c3nc(=O)n(-c4c(C)noc4C(C)C)c4nc(-c5ccccc5F)c(Cl)c(c34)OC[C@H]2C1. The Morgan fingerprint density at radius 3 is 2.75 bits per heavy atom. The number of aromatic nitrogens is 4. The molecular formula is C28H26ClFN6O4. The number of aryl methyl sites for hydroxylation is 1. The van der Waals surface area contributed by atoms with Crippen LogP contribution >= 0.6 is 11.6 Å². The van der Waals surface area contributed by atoms with Gasteiger partial charge in [-0.1, -0.05) is 49.3 Å². The van der Waals surface area contributed by atoms with E-state index in [1.54, 1.807) is 30.0 Å². The van der Waals surface area contributed by atoms with Crippen molar-refractivity contribution in [2.75, 3.05) is 31.1 Å². The maximum atomic E-state index is 15.0. The molecule has 0 aliphatic carbocycles. The summed E-state index contributed by atoms with van der Waals surface area (Å²) >= 11 is 6.91. The number of hydrogen-bond acceptors (Lipinski definition) is 8. The lowest BCUT2D eigenvalue weighted by Gasteiger charge is -2.40. The van der Waals surface area contributed by atoms with Crippen molar-refractivity contribution < 1.29 is 18.4 Å². The lowest BCUT2D eigenvalue weighted by Crippen LogP contribution is -2.56. The number of benzene rings is 1. The monoisotopic (exact) mass is 564 g/mol. The fraction of sp³-hybridized carbons (Fsp3) is 0.321. The van der Waals surface area contributed by atoms with Crippen LogP contribution in [0.2, 0.25) is 5.02 Å². The number of carbonyl (C=O) groups is 1. The third-order valence-electron chi connectivity index (χ3n) is 7.30. The highest BCUT2D eigenvalue weighted by molar-refractivity contribution is 6.36. The number of carbonyl (C=O) groups excluding carboxylic acids is 1. The van der Waals surface area contributed by atoms with Crippen molar-refractivity contribution in [3.05, 3.63) is 69.7 Å². The number of fused-ring (bicyclic) bond motifs is 2. The van der Waals surface area contributed by atoms with Crippen LogP contribution in [0.5, 0.6) is 5.75 Å². The molecule has 4 aromatic rings. The van der Waals surface area contributed by atoms with Gasteiger partial charge in [-0.3, -0.25) is 4.79 Å². The first-order valence-corrected chi connectivity index (χ1v) is 13.3. The zero-order chi connectivity index (χ0) is 28.3. The Labute approximate surface area is 233 Å². The van der Waals surface area contributed by atoms with Gasteiger partial charge in [0.05, 0.1) is 11.7 Å². The molecule has 10 nitrogen and oxygen atoms in total. The van der Waals surface area contributed by atoms with Crippen LogP contribution in [0, 0.1) is 12.7 Å². The smallest absolute Gasteiger partial charge is 0.356 e. The second-order valence-corrected chi connectivity index (χ2v) is 10.5. The lowest BCUT2D eigenvalue weighted by atomic mass is 10.1. The molecule has 5 heterocycles. The fourth-order valence-corrected chi connectivity index (χ4v) is 5.67. The van der Waals surface area contributed by atoms with E-state index in [4.69, 9.17) is 25.8 Å². The number of nitrogens with zero attached hydrogens (tertiary/aromatic N) is 6. The summed E-state index contributed by atoms with van der Waals surface area (Å²) in [6, 6.07) is 5.80. The highest BCUT2D eigenvalue weighted by atomic mass is 35.5. The Morgan fingerprint density at radius 2 is 2.02 bits per heavy atom. The molecule has 1 amide bonds. The summed E-state index contributed by atoms with van der Waals surface area (Å²) < 4.78 is 28.3. The molecule has 0 radical (unpaired) electrons. The molecule has 3 aromatic heterocycles. The predicted octanol–water partition coefficient (Wildman–Crippen LogP) is 4.26. The molecule has 6 rings (SSSR count). The van der Waals surface area contributed by atoms with Crippen molar-refractivity contribution in [1.29, 1.82) is 0 Å². The number of rotatable bonds is 4. The Kier molecular flexibility index (Phi) is 6.33. The average molecular weight is 565 g/mol. The highest BCUT2D eigenvalue weighted by Crippen LogP contribution is 2.45. The van der Waals surface area contributed by atoms with E-state index >= 15 is 4.39 Å². The summed E-state index contributed by atoms with van der Waals surface area (Å²) in [7, 11) is 0. The van der Waals surface area contributed by atoms with E-state index in [-0.39, 0.29) is 52.2 Å². The minimum absolute atomic E-state index is 0.0934. The molecule has 0 spiro atoms. The number of pyridine rings is 1. The van der Waals surface area contributed by atoms with Crippen LogP contribution in [-0.4, -0.2) is 62.8 Å². The zero-order valence-electron chi connectivity index (χ0n) is 22.1. The Bertz CT molecular complexity index is 1750. The first kappa shape index (κ1) is 26.0. The van der Waals surface area contributed by atoms with Gasteiger partial charge in [-0.05, 0) is 25.1 Å². The topological polar surface area (TPSA) is 107 Å². The summed E-state index contributed by atoms with van der Waals surface area (Å²) in [4.78, 5) is 39.2. The number of ether oxygens (including phenoxy) is 1. The third kappa shape index (κ3) is 3.95. The normalized spacial score (nSPS) is 16.6. The van der Waals surface area contributed by atoms with Gasteiger partial charge >= 0.3 is 5.69 Å². The standard InChI is InChI=1S/C28H26ClFN6O4/c1-5-19(37)34-10-11-35-16(12-34)13-39-25-20-26(35)32-28(38)36(23-15(4)33-40-24(23)14(2)3)27(20)31-22(21(25)29)17-8-6-7-9-18(17)30/h5-9,14,16H,1,10-13H2,2-4H3/t16-/m1/s1. The molecule has 206 valence electrons. The maximum Gasteiger partial charge on any atom is 0.356 e. The van der Waals surface area contributed by atoms with Crippen LogP contribution < -0.4 is 15.3 Å². The first-order valence-electron chi connectivity index (χ1n) is 12.9. The van der Waals surface area contributed by atoms with Crippen molar-refractivity contribution in [3.8, 4) is 22.7 Å². The van der Waals surface area contributed by atoms with Crippen LogP contribution in [0.4, 0.5) is 10.2 Å². The zero-order valence-corrected chi connectivity index (χ0v) is 22.9. The van der Waals surface area contributed by atoms with E-state index < -0.39 is 11.5 Å².